The van der Waals surface area contributed by atoms with Gasteiger partial charge in [-0.25, -0.2) is 0 Å². The van der Waals surface area contributed by atoms with Gasteiger partial charge in [-0.1, -0.05) is 0 Å². The van der Waals surface area contributed by atoms with Crippen LogP contribution in [0.4, 0.5) is 5.69 Å². The van der Waals surface area contributed by atoms with Gasteiger partial charge in [0, 0.05) is 11.8 Å². The molecule has 1 aromatic carbocycles. The Morgan fingerprint density at radius 2 is 2.00 bits per heavy atom. The number of hydrogen-bond acceptors (Lipinski definition) is 6. The molecule has 23 heavy (non-hydrogen) atoms. The molecule has 7 nitrogen and oxygen atoms in total. The average molecular weight is 332 g/mol. The Hall–Kier alpha value is -2.87. The summed E-state index contributed by atoms with van der Waals surface area (Å²) >= 11 is 5.12. The minimum Gasteiger partial charge on any atom is -0.502 e. The summed E-state index contributed by atoms with van der Waals surface area (Å²) in [5, 5.41) is 17.1. The predicted molar refractivity (Wildman–Crippen MR) is 92.4 cm³/mol. The first-order chi connectivity index (χ1) is 11.1. The van der Waals surface area contributed by atoms with E-state index in [-0.39, 0.29) is 5.75 Å². The highest BCUT2D eigenvalue weighted by molar-refractivity contribution is 7.80. The van der Waals surface area contributed by atoms with Gasteiger partial charge in [0.15, 0.2) is 16.6 Å². The van der Waals surface area contributed by atoms with E-state index < -0.39 is 0 Å². The highest BCUT2D eigenvalue weighted by Gasteiger charge is 2.10. The lowest BCUT2D eigenvalue weighted by atomic mass is 10.2. The van der Waals surface area contributed by atoms with Crippen LogP contribution >= 0.6 is 12.2 Å². The molecular formula is C15H16N4O3S. The molecule has 0 amide bonds. The van der Waals surface area contributed by atoms with Crippen molar-refractivity contribution < 1.29 is 14.6 Å². The summed E-state index contributed by atoms with van der Waals surface area (Å²) in [4.78, 5) is 3.97. The summed E-state index contributed by atoms with van der Waals surface area (Å²) in [6, 6.07) is 6.88. The first kappa shape index (κ1) is 16.5. The van der Waals surface area contributed by atoms with Crippen LogP contribution in [0.3, 0.4) is 0 Å². The number of hydrazone groups is 1. The summed E-state index contributed by atoms with van der Waals surface area (Å²) in [7, 11) is 2.92. The van der Waals surface area contributed by atoms with Crippen molar-refractivity contribution in [2.75, 3.05) is 19.5 Å². The lowest BCUT2D eigenvalue weighted by Crippen LogP contribution is -2.23. The van der Waals surface area contributed by atoms with E-state index in [4.69, 9.17) is 21.7 Å². The zero-order chi connectivity index (χ0) is 16.7. The van der Waals surface area contributed by atoms with Crippen molar-refractivity contribution in [2.24, 2.45) is 5.10 Å². The number of nitrogens with one attached hydrogen (secondary N) is 2. The number of benzene rings is 1. The molecule has 0 saturated heterocycles. The molecule has 0 aliphatic heterocycles. The Morgan fingerprint density at radius 3 is 2.57 bits per heavy atom. The summed E-state index contributed by atoms with van der Waals surface area (Å²) in [6.45, 7) is 0. The number of aromatic nitrogens is 1. The summed E-state index contributed by atoms with van der Waals surface area (Å²) in [5.74, 6) is 0.526. The fourth-order valence-electron chi connectivity index (χ4n) is 1.75. The van der Waals surface area contributed by atoms with Crippen molar-refractivity contribution in [2.45, 2.75) is 0 Å². The van der Waals surface area contributed by atoms with Crippen LogP contribution < -0.4 is 20.2 Å². The molecule has 2 aromatic rings. The topological polar surface area (TPSA) is 88.0 Å². The maximum atomic E-state index is 9.84. The molecule has 1 heterocycles. The molecule has 120 valence electrons. The van der Waals surface area contributed by atoms with Crippen molar-refractivity contribution in [3.8, 4) is 17.2 Å². The Bertz CT molecular complexity index is 682. The molecule has 0 atom stereocenters. The maximum absolute atomic E-state index is 9.84. The third kappa shape index (κ3) is 4.55. The van der Waals surface area contributed by atoms with Gasteiger partial charge >= 0.3 is 0 Å². The number of phenols is 1. The molecule has 0 aliphatic rings. The van der Waals surface area contributed by atoms with Crippen LogP contribution in [-0.4, -0.2) is 35.6 Å². The van der Waals surface area contributed by atoms with Gasteiger partial charge in [-0.3, -0.25) is 10.4 Å². The highest BCUT2D eigenvalue weighted by atomic mass is 32.1. The largest absolute Gasteiger partial charge is 0.502 e. The van der Waals surface area contributed by atoms with Crippen LogP contribution in [0.25, 0.3) is 0 Å². The summed E-state index contributed by atoms with van der Waals surface area (Å²) < 4.78 is 10.2. The quantitative estimate of drug-likeness (QED) is 0.439. The van der Waals surface area contributed by atoms with Crippen molar-refractivity contribution in [3.63, 3.8) is 0 Å². The second-order valence-corrected chi connectivity index (χ2v) is 4.75. The lowest BCUT2D eigenvalue weighted by molar-refractivity contribution is 0.340. The first-order valence-electron chi connectivity index (χ1n) is 6.59. The van der Waals surface area contributed by atoms with E-state index in [0.29, 0.717) is 22.2 Å². The molecule has 2 rings (SSSR count). The molecule has 0 unspecified atom stereocenters. The van der Waals surface area contributed by atoms with Gasteiger partial charge in [-0.05, 0) is 36.5 Å². The van der Waals surface area contributed by atoms with Crippen molar-refractivity contribution >= 4 is 29.2 Å². The van der Waals surface area contributed by atoms with Crippen molar-refractivity contribution in [1.82, 2.24) is 10.4 Å². The van der Waals surface area contributed by atoms with Gasteiger partial charge < -0.3 is 19.9 Å². The first-order valence-corrected chi connectivity index (χ1v) is 7.00. The zero-order valence-electron chi connectivity index (χ0n) is 12.6. The van der Waals surface area contributed by atoms with E-state index in [0.717, 1.165) is 5.69 Å². The molecule has 3 N–H and O–H groups in total. The van der Waals surface area contributed by atoms with Gasteiger partial charge in [0.25, 0.3) is 0 Å². The maximum Gasteiger partial charge on any atom is 0.200 e. The Balaban J connectivity index is 2.01. The van der Waals surface area contributed by atoms with Gasteiger partial charge in [0.2, 0.25) is 5.75 Å². The monoisotopic (exact) mass is 332 g/mol. The molecule has 0 bridgehead atoms. The third-order valence-corrected chi connectivity index (χ3v) is 2.99. The Labute approximate surface area is 139 Å². The molecular weight excluding hydrogens is 316 g/mol. The normalized spacial score (nSPS) is 10.3. The van der Waals surface area contributed by atoms with E-state index in [1.165, 1.54) is 20.4 Å². The predicted octanol–water partition coefficient (Wildman–Crippen LogP) is 2.12. The van der Waals surface area contributed by atoms with Gasteiger partial charge in [0.1, 0.15) is 0 Å². The second-order valence-electron chi connectivity index (χ2n) is 4.34. The molecule has 0 radical (unpaired) electrons. The number of pyridine rings is 1. The van der Waals surface area contributed by atoms with Crippen LogP contribution in [0.5, 0.6) is 17.2 Å². The van der Waals surface area contributed by atoms with E-state index >= 15 is 0 Å². The van der Waals surface area contributed by atoms with Gasteiger partial charge in [0.05, 0.1) is 32.3 Å². The summed E-state index contributed by atoms with van der Waals surface area (Å²) in [6.07, 6.45) is 4.85. The number of methoxy groups -OCH3 is 2. The average Bonchev–Trinajstić information content (AvgIpc) is 2.57. The van der Waals surface area contributed by atoms with Crippen LogP contribution in [0.1, 0.15) is 5.56 Å². The fourth-order valence-corrected chi connectivity index (χ4v) is 1.92. The third-order valence-electron chi connectivity index (χ3n) is 2.80. The number of rotatable bonds is 5. The molecule has 0 fully saturated rings. The van der Waals surface area contributed by atoms with Crippen molar-refractivity contribution in [1.29, 1.82) is 0 Å². The SMILES string of the molecule is COc1cc(/C=N\NC(=S)Nc2cccnc2)cc(OC)c1O. The molecule has 0 saturated carbocycles. The van der Waals surface area contributed by atoms with Crippen LogP contribution in [0.2, 0.25) is 0 Å². The number of hydrogen-bond donors (Lipinski definition) is 3. The molecule has 0 spiro atoms. The zero-order valence-corrected chi connectivity index (χ0v) is 13.4. The van der Waals surface area contributed by atoms with Crippen molar-refractivity contribution in [3.05, 3.63) is 42.2 Å². The number of phenolic OH excluding ortho intramolecular Hbond substituents is 1. The van der Waals surface area contributed by atoms with Crippen LogP contribution in [0, 0.1) is 0 Å². The molecule has 1 aromatic heterocycles. The minimum atomic E-state index is -0.0612. The van der Waals surface area contributed by atoms with E-state index in [9.17, 15) is 5.11 Å². The number of ether oxygens (including phenoxy) is 2. The molecule has 8 heteroatoms. The number of anilines is 1. The van der Waals surface area contributed by atoms with Gasteiger partial charge in [-0.2, -0.15) is 5.10 Å². The number of nitrogens with zero attached hydrogens (tertiary/aromatic N) is 2. The van der Waals surface area contributed by atoms with E-state index in [2.05, 4.69) is 20.8 Å². The van der Waals surface area contributed by atoms with Gasteiger partial charge in [-0.15, -0.1) is 0 Å². The number of thiocarbonyl (C=S) groups is 1. The highest BCUT2D eigenvalue weighted by Crippen LogP contribution is 2.36. The van der Waals surface area contributed by atoms with E-state index in [1.807, 2.05) is 6.07 Å². The minimum absolute atomic E-state index is 0.0612. The van der Waals surface area contributed by atoms with Crippen LogP contribution in [0.15, 0.2) is 41.8 Å². The Morgan fingerprint density at radius 1 is 1.30 bits per heavy atom. The standard InChI is InChI=1S/C15H16N4O3S/c1-21-12-6-10(7-13(22-2)14(12)20)8-17-19-15(23)18-11-4-3-5-16-9-11/h3-9,20H,1-2H3,(H2,18,19,23)/b17-8-. The fraction of sp³-hybridized carbons (Fsp3) is 0.133. The van der Waals surface area contributed by atoms with Crippen LogP contribution in [-0.2, 0) is 0 Å². The lowest BCUT2D eigenvalue weighted by Gasteiger charge is -2.09. The number of aromatic hydroxyl groups is 1. The van der Waals surface area contributed by atoms with E-state index in [1.54, 1.807) is 30.6 Å². The Kier molecular flexibility index (Phi) is 5.70. The summed E-state index contributed by atoms with van der Waals surface area (Å²) in [5.41, 5.74) is 4.12. The molecule has 0 aliphatic carbocycles. The smallest absolute Gasteiger partial charge is 0.200 e. The second kappa shape index (κ2) is 7.95.